The first-order chi connectivity index (χ1) is 13.4. The van der Waals surface area contributed by atoms with E-state index in [0.29, 0.717) is 0 Å². The van der Waals surface area contributed by atoms with Gasteiger partial charge in [-0.05, 0) is 56.5 Å². The molecule has 5 rings (SSSR count). The van der Waals surface area contributed by atoms with Crippen LogP contribution in [0.3, 0.4) is 0 Å². The average molecular weight is 367 g/mol. The summed E-state index contributed by atoms with van der Waals surface area (Å²) >= 11 is 0. The molecule has 0 spiro atoms. The molecule has 1 atom stereocenters. The van der Waals surface area contributed by atoms with Gasteiger partial charge in [0, 0.05) is 22.4 Å². The van der Waals surface area contributed by atoms with E-state index < -0.39 is 0 Å². The number of ether oxygens (including phenoxy) is 1. The van der Waals surface area contributed by atoms with Gasteiger partial charge in [-0.25, -0.2) is 0 Å². The quantitative estimate of drug-likeness (QED) is 0.513. The van der Waals surface area contributed by atoms with Gasteiger partial charge in [-0.15, -0.1) is 0 Å². The van der Waals surface area contributed by atoms with Crippen LogP contribution in [0.25, 0.3) is 16.7 Å². The first-order valence-corrected chi connectivity index (χ1v) is 9.90. The number of anilines is 1. The predicted molar refractivity (Wildman–Crippen MR) is 117 cm³/mol. The lowest BCUT2D eigenvalue weighted by Crippen LogP contribution is -2.32. The lowest BCUT2D eigenvalue weighted by atomic mass is 9.80. The fourth-order valence-electron chi connectivity index (χ4n) is 4.61. The minimum absolute atomic E-state index is 0.0574. The van der Waals surface area contributed by atoms with E-state index in [9.17, 15) is 0 Å². The molecule has 0 fully saturated rings. The SMILES string of the molecule is CC1=CC(C)(C)Nc2ccc3c(c21)[C@@H](c1ccc(C)cc1)Oc1ccccc1-3. The molecule has 3 aromatic rings. The van der Waals surface area contributed by atoms with E-state index in [0.717, 1.165) is 5.75 Å². The van der Waals surface area contributed by atoms with Gasteiger partial charge < -0.3 is 10.1 Å². The Bertz CT molecular complexity index is 1110. The third-order valence-corrected chi connectivity index (χ3v) is 5.74. The second-order valence-electron chi connectivity index (χ2n) is 8.53. The van der Waals surface area contributed by atoms with Crippen LogP contribution in [0.5, 0.6) is 5.75 Å². The molecule has 2 nitrogen and oxygen atoms in total. The predicted octanol–water partition coefficient (Wildman–Crippen LogP) is 6.75. The van der Waals surface area contributed by atoms with Crippen molar-refractivity contribution in [1.29, 1.82) is 0 Å². The van der Waals surface area contributed by atoms with Gasteiger partial charge in [0.25, 0.3) is 0 Å². The highest BCUT2D eigenvalue weighted by molar-refractivity contribution is 5.90. The molecule has 0 saturated heterocycles. The third-order valence-electron chi connectivity index (χ3n) is 5.74. The van der Waals surface area contributed by atoms with Crippen molar-refractivity contribution in [2.75, 3.05) is 5.32 Å². The third kappa shape index (κ3) is 2.63. The van der Waals surface area contributed by atoms with Crippen LogP contribution in [0.4, 0.5) is 5.69 Å². The van der Waals surface area contributed by atoms with Crippen LogP contribution in [0.1, 0.15) is 49.1 Å². The monoisotopic (exact) mass is 367 g/mol. The molecular formula is C26H25NO. The molecule has 140 valence electrons. The summed E-state index contributed by atoms with van der Waals surface area (Å²) in [6, 6.07) is 21.5. The lowest BCUT2D eigenvalue weighted by Gasteiger charge is -2.37. The highest BCUT2D eigenvalue weighted by Gasteiger charge is 2.34. The molecule has 0 radical (unpaired) electrons. The summed E-state index contributed by atoms with van der Waals surface area (Å²) < 4.78 is 6.60. The summed E-state index contributed by atoms with van der Waals surface area (Å²) in [7, 11) is 0. The standard InChI is InChI=1S/C26H25NO/c1-16-9-11-18(12-10-16)25-24-20(19-7-5-6-8-22(19)28-25)13-14-21-23(24)17(2)15-26(3,4)27-21/h5-15,25,27H,1-4H3/t25-/m1/s1. The van der Waals surface area contributed by atoms with E-state index in [2.05, 4.69) is 93.7 Å². The zero-order chi connectivity index (χ0) is 19.5. The van der Waals surface area contributed by atoms with Crippen molar-refractivity contribution in [2.45, 2.75) is 39.3 Å². The average Bonchev–Trinajstić information content (AvgIpc) is 2.66. The van der Waals surface area contributed by atoms with Crippen LogP contribution in [-0.2, 0) is 0 Å². The van der Waals surface area contributed by atoms with E-state index in [-0.39, 0.29) is 11.6 Å². The van der Waals surface area contributed by atoms with Crippen LogP contribution >= 0.6 is 0 Å². The molecule has 28 heavy (non-hydrogen) atoms. The number of hydrogen-bond acceptors (Lipinski definition) is 2. The van der Waals surface area contributed by atoms with Crippen molar-refractivity contribution in [2.24, 2.45) is 0 Å². The molecule has 2 aliphatic rings. The summed E-state index contributed by atoms with van der Waals surface area (Å²) in [5.41, 5.74) is 9.84. The Hall–Kier alpha value is -3.00. The summed E-state index contributed by atoms with van der Waals surface area (Å²) in [5, 5.41) is 3.69. The van der Waals surface area contributed by atoms with Crippen molar-refractivity contribution >= 4 is 11.3 Å². The van der Waals surface area contributed by atoms with Gasteiger partial charge in [0.05, 0.1) is 5.54 Å². The molecule has 2 heterocycles. The highest BCUT2D eigenvalue weighted by Crippen LogP contribution is 2.50. The van der Waals surface area contributed by atoms with Crippen molar-refractivity contribution in [3.63, 3.8) is 0 Å². The van der Waals surface area contributed by atoms with Gasteiger partial charge in [0.15, 0.2) is 6.10 Å². The van der Waals surface area contributed by atoms with Crippen LogP contribution in [-0.4, -0.2) is 5.54 Å². The van der Waals surface area contributed by atoms with Gasteiger partial charge in [-0.2, -0.15) is 0 Å². The number of para-hydroxylation sites is 1. The molecule has 2 heteroatoms. The second kappa shape index (κ2) is 6.00. The van der Waals surface area contributed by atoms with Crippen molar-refractivity contribution in [3.8, 4) is 16.9 Å². The number of nitrogens with one attached hydrogen (secondary N) is 1. The summed E-state index contributed by atoms with van der Waals surface area (Å²) in [4.78, 5) is 0. The topological polar surface area (TPSA) is 21.3 Å². The minimum atomic E-state index is -0.119. The van der Waals surface area contributed by atoms with Crippen LogP contribution in [0, 0.1) is 6.92 Å². The molecule has 2 aliphatic heterocycles. The zero-order valence-corrected chi connectivity index (χ0v) is 16.8. The van der Waals surface area contributed by atoms with E-state index >= 15 is 0 Å². The summed E-state index contributed by atoms with van der Waals surface area (Å²) in [6.07, 6.45) is 2.20. The molecule has 0 aromatic heterocycles. The second-order valence-corrected chi connectivity index (χ2v) is 8.53. The molecule has 3 aromatic carbocycles. The number of aryl methyl sites for hydroxylation is 1. The Kier molecular flexibility index (Phi) is 3.67. The number of rotatable bonds is 1. The van der Waals surface area contributed by atoms with Gasteiger partial charge in [-0.1, -0.05) is 60.2 Å². The maximum atomic E-state index is 6.60. The van der Waals surface area contributed by atoms with Crippen LogP contribution in [0.2, 0.25) is 0 Å². The van der Waals surface area contributed by atoms with Crippen molar-refractivity contribution in [1.82, 2.24) is 0 Å². The fourth-order valence-corrected chi connectivity index (χ4v) is 4.61. The number of benzene rings is 3. The number of fused-ring (bicyclic) bond motifs is 5. The maximum absolute atomic E-state index is 6.60. The lowest BCUT2D eigenvalue weighted by molar-refractivity contribution is 0.243. The van der Waals surface area contributed by atoms with E-state index in [1.165, 1.54) is 44.6 Å². The Morgan fingerprint density at radius 3 is 2.39 bits per heavy atom. The van der Waals surface area contributed by atoms with E-state index in [4.69, 9.17) is 4.74 Å². The molecule has 0 aliphatic carbocycles. The van der Waals surface area contributed by atoms with Crippen LogP contribution < -0.4 is 10.1 Å². The number of hydrogen-bond donors (Lipinski definition) is 1. The van der Waals surface area contributed by atoms with Gasteiger partial charge in [-0.3, -0.25) is 0 Å². The first-order valence-electron chi connectivity index (χ1n) is 9.90. The van der Waals surface area contributed by atoms with Crippen molar-refractivity contribution in [3.05, 3.63) is 89.0 Å². The largest absolute Gasteiger partial charge is 0.480 e. The zero-order valence-electron chi connectivity index (χ0n) is 16.8. The van der Waals surface area contributed by atoms with E-state index in [1.807, 2.05) is 6.07 Å². The van der Waals surface area contributed by atoms with Crippen molar-refractivity contribution < 1.29 is 4.74 Å². The fraction of sp³-hybridized carbons (Fsp3) is 0.231. The van der Waals surface area contributed by atoms with Gasteiger partial charge in [0.1, 0.15) is 5.75 Å². The minimum Gasteiger partial charge on any atom is -0.480 e. The Morgan fingerprint density at radius 2 is 1.61 bits per heavy atom. The van der Waals surface area contributed by atoms with Gasteiger partial charge in [0.2, 0.25) is 0 Å². The Labute approximate surface area is 166 Å². The smallest absolute Gasteiger partial charge is 0.150 e. The summed E-state index contributed by atoms with van der Waals surface area (Å²) in [6.45, 7) is 8.76. The van der Waals surface area contributed by atoms with E-state index in [1.54, 1.807) is 0 Å². The highest BCUT2D eigenvalue weighted by atomic mass is 16.5. The Morgan fingerprint density at radius 1 is 0.857 bits per heavy atom. The van der Waals surface area contributed by atoms with Crippen LogP contribution in [0.15, 0.2) is 66.7 Å². The number of allylic oxidation sites excluding steroid dienone is 1. The maximum Gasteiger partial charge on any atom is 0.150 e. The molecule has 1 N–H and O–H groups in total. The molecule has 0 bridgehead atoms. The first kappa shape index (κ1) is 17.1. The normalized spacial score (nSPS) is 18.7. The Balaban J connectivity index is 1.80. The molecule has 0 amide bonds. The molecule has 0 saturated carbocycles. The molecule has 0 unspecified atom stereocenters. The molecular weight excluding hydrogens is 342 g/mol. The van der Waals surface area contributed by atoms with Gasteiger partial charge >= 0.3 is 0 Å². The summed E-state index contributed by atoms with van der Waals surface area (Å²) in [5.74, 6) is 0.950.